The molecule has 1 N–H and O–H groups in total. The molecule has 1 aromatic rings. The molecule has 2 atom stereocenters. The Morgan fingerprint density at radius 2 is 1.87 bits per heavy atom. The molecule has 2 aliphatic rings. The molecule has 31 heavy (non-hydrogen) atoms. The number of urea groups is 1. The van der Waals surface area contributed by atoms with Gasteiger partial charge in [0.05, 0.1) is 24.8 Å². The standard InChI is InChI=1S/C24H32N2O5/c1-15(2)31-13-5-12-25-24(29)26-19-10-11-21(26)22(23(28)30-4)20(14-19)18-8-6-17(7-9-18)16(3)27/h6-9,15,19,21H,5,10-14H2,1-4H3,(H,25,29). The van der Waals surface area contributed by atoms with Gasteiger partial charge in [-0.3, -0.25) is 4.79 Å². The third-order valence-corrected chi connectivity index (χ3v) is 5.93. The van der Waals surface area contributed by atoms with E-state index in [1.807, 2.05) is 30.9 Å². The Labute approximate surface area is 183 Å². The normalized spacial score (nSPS) is 20.2. The highest BCUT2D eigenvalue weighted by atomic mass is 16.5. The van der Waals surface area contributed by atoms with E-state index in [0.717, 1.165) is 30.4 Å². The topological polar surface area (TPSA) is 84.9 Å². The summed E-state index contributed by atoms with van der Waals surface area (Å²) in [5, 5.41) is 2.97. The van der Waals surface area contributed by atoms with Crippen LogP contribution in [0.5, 0.6) is 0 Å². The molecule has 0 spiro atoms. The number of methoxy groups -OCH3 is 1. The number of hydrogen-bond acceptors (Lipinski definition) is 5. The lowest BCUT2D eigenvalue weighted by molar-refractivity contribution is -0.136. The number of rotatable bonds is 8. The molecule has 2 bridgehead atoms. The van der Waals surface area contributed by atoms with Gasteiger partial charge in [0, 0.05) is 24.8 Å². The van der Waals surface area contributed by atoms with Crippen LogP contribution < -0.4 is 5.32 Å². The summed E-state index contributed by atoms with van der Waals surface area (Å²) in [7, 11) is 1.37. The van der Waals surface area contributed by atoms with E-state index in [4.69, 9.17) is 9.47 Å². The lowest BCUT2D eigenvalue weighted by atomic mass is 9.88. The Kier molecular flexibility index (Phi) is 7.49. The van der Waals surface area contributed by atoms with E-state index in [2.05, 4.69) is 5.32 Å². The number of hydrogen-bond donors (Lipinski definition) is 1. The minimum atomic E-state index is -0.404. The van der Waals surface area contributed by atoms with Gasteiger partial charge >= 0.3 is 12.0 Å². The van der Waals surface area contributed by atoms with E-state index in [1.165, 1.54) is 14.0 Å². The molecule has 0 aromatic heterocycles. The molecule has 2 unspecified atom stereocenters. The van der Waals surface area contributed by atoms with E-state index < -0.39 is 5.97 Å². The second-order valence-electron chi connectivity index (χ2n) is 8.38. The average molecular weight is 429 g/mol. The maximum absolute atomic E-state index is 12.9. The lowest BCUT2D eigenvalue weighted by Crippen LogP contribution is -2.51. The van der Waals surface area contributed by atoms with Gasteiger partial charge in [0.2, 0.25) is 0 Å². The number of Topliss-reactive ketones (excluding diaryl/α,β-unsaturated/α-hetero) is 1. The van der Waals surface area contributed by atoms with Crippen LogP contribution in [0.25, 0.3) is 5.57 Å². The Bertz CT molecular complexity index is 859. The fourth-order valence-electron chi connectivity index (χ4n) is 4.45. The molecule has 1 fully saturated rings. The van der Waals surface area contributed by atoms with E-state index in [1.54, 1.807) is 12.1 Å². The Morgan fingerprint density at radius 1 is 1.16 bits per heavy atom. The number of carbonyl (C=O) groups is 3. The summed E-state index contributed by atoms with van der Waals surface area (Å²) < 4.78 is 10.6. The van der Waals surface area contributed by atoms with Gasteiger partial charge in [-0.1, -0.05) is 24.3 Å². The van der Waals surface area contributed by atoms with Gasteiger partial charge in [-0.05, 0) is 57.6 Å². The molecule has 2 aliphatic heterocycles. The van der Waals surface area contributed by atoms with Crippen molar-refractivity contribution in [3.05, 3.63) is 41.0 Å². The predicted octanol–water partition coefficient (Wildman–Crippen LogP) is 3.58. The van der Waals surface area contributed by atoms with E-state index >= 15 is 0 Å². The van der Waals surface area contributed by atoms with Crippen LogP contribution in [0.1, 0.15) is 62.4 Å². The number of fused-ring (bicyclic) bond motifs is 2. The minimum absolute atomic E-state index is 0.000857. The smallest absolute Gasteiger partial charge is 0.336 e. The van der Waals surface area contributed by atoms with Crippen molar-refractivity contribution < 1.29 is 23.9 Å². The van der Waals surface area contributed by atoms with Crippen LogP contribution in [-0.4, -0.2) is 61.1 Å². The molecule has 2 amide bonds. The predicted molar refractivity (Wildman–Crippen MR) is 118 cm³/mol. The highest BCUT2D eigenvalue weighted by Gasteiger charge is 2.46. The van der Waals surface area contributed by atoms with Crippen LogP contribution in [0.15, 0.2) is 29.8 Å². The zero-order valence-electron chi connectivity index (χ0n) is 18.8. The maximum Gasteiger partial charge on any atom is 0.336 e. The van der Waals surface area contributed by atoms with Crippen molar-refractivity contribution in [2.24, 2.45) is 0 Å². The fourth-order valence-corrected chi connectivity index (χ4v) is 4.45. The summed E-state index contributed by atoms with van der Waals surface area (Å²) >= 11 is 0. The lowest BCUT2D eigenvalue weighted by Gasteiger charge is -2.37. The molecule has 7 nitrogen and oxygen atoms in total. The summed E-state index contributed by atoms with van der Waals surface area (Å²) in [5.74, 6) is -0.404. The quantitative estimate of drug-likeness (QED) is 0.389. The fraction of sp³-hybridized carbons (Fsp3) is 0.542. The molecule has 7 heteroatoms. The molecule has 3 rings (SSSR count). The van der Waals surface area contributed by atoms with Crippen LogP contribution in [-0.2, 0) is 14.3 Å². The molecule has 0 saturated carbocycles. The zero-order chi connectivity index (χ0) is 22.5. The Balaban J connectivity index is 1.79. The van der Waals surface area contributed by atoms with Crippen LogP contribution in [0.3, 0.4) is 0 Å². The summed E-state index contributed by atoms with van der Waals surface area (Å²) in [6, 6.07) is 6.88. The maximum atomic E-state index is 12.9. The molecular formula is C24H32N2O5. The third-order valence-electron chi connectivity index (χ3n) is 5.93. The van der Waals surface area contributed by atoms with Crippen LogP contribution in [0.2, 0.25) is 0 Å². The van der Waals surface area contributed by atoms with Gasteiger partial charge in [0.1, 0.15) is 0 Å². The van der Waals surface area contributed by atoms with Crippen molar-refractivity contribution in [2.45, 2.75) is 64.6 Å². The molecule has 2 heterocycles. The zero-order valence-corrected chi connectivity index (χ0v) is 18.8. The number of nitrogens with zero attached hydrogens (tertiary/aromatic N) is 1. The molecule has 0 radical (unpaired) electrons. The molecular weight excluding hydrogens is 396 g/mol. The Morgan fingerprint density at radius 3 is 2.48 bits per heavy atom. The van der Waals surface area contributed by atoms with Crippen molar-refractivity contribution in [3.8, 4) is 0 Å². The monoisotopic (exact) mass is 428 g/mol. The van der Waals surface area contributed by atoms with Gasteiger partial charge in [-0.25, -0.2) is 9.59 Å². The average Bonchev–Trinajstić information content (AvgIpc) is 3.06. The summed E-state index contributed by atoms with van der Waals surface area (Å²) in [4.78, 5) is 39.1. The van der Waals surface area contributed by atoms with Crippen molar-refractivity contribution >= 4 is 23.4 Å². The second-order valence-corrected chi connectivity index (χ2v) is 8.38. The van der Waals surface area contributed by atoms with Crippen molar-refractivity contribution in [1.82, 2.24) is 10.2 Å². The van der Waals surface area contributed by atoms with Crippen molar-refractivity contribution in [1.29, 1.82) is 0 Å². The number of carbonyl (C=O) groups excluding carboxylic acids is 3. The first-order valence-corrected chi connectivity index (χ1v) is 10.9. The first-order chi connectivity index (χ1) is 14.8. The van der Waals surface area contributed by atoms with E-state index in [0.29, 0.717) is 30.7 Å². The molecule has 0 aliphatic carbocycles. The van der Waals surface area contributed by atoms with Gasteiger partial charge in [-0.15, -0.1) is 0 Å². The SMILES string of the molecule is COC(=O)C1=C(c2ccc(C(C)=O)cc2)CC2CCC1N2C(=O)NCCCOC(C)C. The third kappa shape index (κ3) is 5.15. The summed E-state index contributed by atoms with van der Waals surface area (Å²) in [5.41, 5.74) is 2.98. The van der Waals surface area contributed by atoms with Gasteiger partial charge in [0.25, 0.3) is 0 Å². The van der Waals surface area contributed by atoms with E-state index in [9.17, 15) is 14.4 Å². The van der Waals surface area contributed by atoms with Gasteiger partial charge < -0.3 is 19.7 Å². The van der Waals surface area contributed by atoms with Crippen molar-refractivity contribution in [3.63, 3.8) is 0 Å². The number of ether oxygens (including phenoxy) is 2. The second kappa shape index (κ2) is 10.1. The first-order valence-electron chi connectivity index (χ1n) is 10.9. The van der Waals surface area contributed by atoms with Gasteiger partial charge in [-0.2, -0.15) is 0 Å². The van der Waals surface area contributed by atoms with Crippen LogP contribution in [0.4, 0.5) is 4.79 Å². The first kappa shape index (κ1) is 23.0. The Hall–Kier alpha value is -2.67. The molecule has 1 aromatic carbocycles. The highest BCUT2D eigenvalue weighted by molar-refractivity contribution is 6.01. The largest absolute Gasteiger partial charge is 0.466 e. The number of ketones is 1. The summed E-state index contributed by atoms with van der Waals surface area (Å²) in [6.07, 6.45) is 3.06. The number of nitrogens with one attached hydrogen (secondary N) is 1. The van der Waals surface area contributed by atoms with Crippen molar-refractivity contribution in [2.75, 3.05) is 20.3 Å². The highest BCUT2D eigenvalue weighted by Crippen LogP contribution is 2.43. The van der Waals surface area contributed by atoms with Crippen LogP contribution >= 0.6 is 0 Å². The van der Waals surface area contributed by atoms with Gasteiger partial charge in [0.15, 0.2) is 5.78 Å². The van der Waals surface area contributed by atoms with Crippen LogP contribution in [0, 0.1) is 0 Å². The van der Waals surface area contributed by atoms with E-state index in [-0.39, 0.29) is 30.0 Å². The molecule has 1 saturated heterocycles. The number of benzene rings is 1. The number of amides is 2. The minimum Gasteiger partial charge on any atom is -0.466 e. The summed E-state index contributed by atoms with van der Waals surface area (Å²) in [6.45, 7) is 6.61. The number of esters is 1. The molecule has 168 valence electrons.